The van der Waals surface area contributed by atoms with Crippen molar-refractivity contribution in [1.29, 1.82) is 0 Å². The van der Waals surface area contributed by atoms with E-state index in [4.69, 9.17) is 4.74 Å². The third-order valence-corrected chi connectivity index (χ3v) is 4.41. The van der Waals surface area contributed by atoms with Crippen molar-refractivity contribution in [2.24, 2.45) is 0 Å². The van der Waals surface area contributed by atoms with Crippen molar-refractivity contribution < 1.29 is 14.3 Å². The summed E-state index contributed by atoms with van der Waals surface area (Å²) >= 11 is 0. The van der Waals surface area contributed by atoms with Gasteiger partial charge >= 0.3 is 0 Å². The van der Waals surface area contributed by atoms with Crippen LogP contribution in [0.5, 0.6) is 5.75 Å². The van der Waals surface area contributed by atoms with Crippen molar-refractivity contribution in [2.45, 2.75) is 33.1 Å². The number of ketones is 1. The summed E-state index contributed by atoms with van der Waals surface area (Å²) in [5.41, 5.74) is 3.15. The van der Waals surface area contributed by atoms with Crippen molar-refractivity contribution in [2.75, 3.05) is 20.7 Å². The molecule has 0 radical (unpaired) electrons. The second-order valence-electron chi connectivity index (χ2n) is 7.91. The number of rotatable bonds is 6. The molecule has 0 heterocycles. The Morgan fingerprint density at radius 2 is 1.61 bits per heavy atom. The number of hydrogen-bond acceptors (Lipinski definition) is 3. The van der Waals surface area contributed by atoms with E-state index in [-0.39, 0.29) is 17.1 Å². The predicted molar refractivity (Wildman–Crippen MR) is 114 cm³/mol. The van der Waals surface area contributed by atoms with Gasteiger partial charge in [0.2, 0.25) is 0 Å². The first-order valence-electron chi connectivity index (χ1n) is 9.45. The zero-order valence-electron chi connectivity index (χ0n) is 17.6. The molecule has 148 valence electrons. The van der Waals surface area contributed by atoms with Gasteiger partial charge in [0, 0.05) is 30.8 Å². The van der Waals surface area contributed by atoms with E-state index in [0.717, 1.165) is 11.3 Å². The summed E-state index contributed by atoms with van der Waals surface area (Å²) in [6.07, 6.45) is 3.34. The number of nitrogens with zero attached hydrogens (tertiary/aromatic N) is 1. The summed E-state index contributed by atoms with van der Waals surface area (Å²) in [5, 5.41) is 0. The first-order chi connectivity index (χ1) is 13.1. The Morgan fingerprint density at radius 1 is 1.00 bits per heavy atom. The fourth-order valence-electron chi connectivity index (χ4n) is 2.73. The molecular formula is C24H29NO3. The number of hydrogen-bond donors (Lipinski definition) is 0. The molecule has 0 aromatic heterocycles. The van der Waals surface area contributed by atoms with Gasteiger partial charge in [0.1, 0.15) is 5.75 Å². The summed E-state index contributed by atoms with van der Waals surface area (Å²) in [7, 11) is 3.40. The van der Waals surface area contributed by atoms with Gasteiger partial charge in [-0.05, 0) is 54.3 Å². The van der Waals surface area contributed by atoms with E-state index in [0.29, 0.717) is 17.7 Å². The fraction of sp³-hybridized carbons (Fsp3) is 0.333. The number of amides is 1. The molecule has 1 amide bonds. The topological polar surface area (TPSA) is 46.6 Å². The van der Waals surface area contributed by atoms with Crippen molar-refractivity contribution in [3.63, 3.8) is 0 Å². The average molecular weight is 380 g/mol. The molecule has 0 saturated heterocycles. The molecule has 0 aliphatic rings. The molecule has 0 atom stereocenters. The Hall–Kier alpha value is -2.88. The van der Waals surface area contributed by atoms with E-state index >= 15 is 0 Å². The zero-order chi connectivity index (χ0) is 20.9. The monoisotopic (exact) mass is 379 g/mol. The van der Waals surface area contributed by atoms with Gasteiger partial charge in [-0.15, -0.1) is 0 Å². The maximum Gasteiger partial charge on any atom is 0.253 e. The van der Waals surface area contributed by atoms with Crippen LogP contribution in [-0.2, 0) is 5.41 Å². The minimum Gasteiger partial charge on any atom is -0.493 e. The number of allylic oxidation sites excluding steroid dienone is 1. The van der Waals surface area contributed by atoms with Gasteiger partial charge in [0.05, 0.1) is 6.61 Å². The largest absolute Gasteiger partial charge is 0.493 e. The minimum atomic E-state index is -0.118. The molecule has 0 bridgehead atoms. The zero-order valence-corrected chi connectivity index (χ0v) is 17.6. The molecule has 2 aromatic rings. The van der Waals surface area contributed by atoms with Crippen LogP contribution in [0.1, 0.15) is 59.5 Å². The fourth-order valence-corrected chi connectivity index (χ4v) is 2.73. The summed E-state index contributed by atoms with van der Waals surface area (Å²) in [5.74, 6) is 0.550. The second kappa shape index (κ2) is 8.87. The lowest BCUT2D eigenvalue weighted by molar-refractivity contribution is 0.0827. The van der Waals surface area contributed by atoms with E-state index in [9.17, 15) is 9.59 Å². The van der Waals surface area contributed by atoms with Gasteiger partial charge in [0.25, 0.3) is 5.91 Å². The highest BCUT2D eigenvalue weighted by molar-refractivity contribution is 6.07. The van der Waals surface area contributed by atoms with Crippen LogP contribution in [0.4, 0.5) is 0 Å². The van der Waals surface area contributed by atoms with Crippen LogP contribution < -0.4 is 4.74 Å². The molecule has 0 aliphatic carbocycles. The molecule has 0 spiro atoms. The van der Waals surface area contributed by atoms with Crippen LogP contribution in [0.2, 0.25) is 0 Å². The van der Waals surface area contributed by atoms with E-state index < -0.39 is 0 Å². The predicted octanol–water partition coefficient (Wildman–Crippen LogP) is 4.98. The highest BCUT2D eigenvalue weighted by atomic mass is 16.5. The lowest BCUT2D eigenvalue weighted by Crippen LogP contribution is -2.21. The normalized spacial score (nSPS) is 11.5. The Morgan fingerprint density at radius 3 is 2.14 bits per heavy atom. The molecule has 4 heteroatoms. The van der Waals surface area contributed by atoms with Gasteiger partial charge in [-0.2, -0.15) is 0 Å². The van der Waals surface area contributed by atoms with Crippen LogP contribution in [0.25, 0.3) is 6.08 Å². The molecule has 0 fully saturated rings. The van der Waals surface area contributed by atoms with Crippen molar-refractivity contribution >= 4 is 17.8 Å². The molecule has 4 nitrogen and oxygen atoms in total. The van der Waals surface area contributed by atoms with Gasteiger partial charge in [0.15, 0.2) is 5.78 Å². The third kappa shape index (κ3) is 5.32. The van der Waals surface area contributed by atoms with Gasteiger partial charge in [-0.3, -0.25) is 9.59 Å². The summed E-state index contributed by atoms with van der Waals surface area (Å²) in [4.78, 5) is 26.0. The second-order valence-corrected chi connectivity index (χ2v) is 7.91. The minimum absolute atomic E-state index is 0.00610. The molecule has 0 unspecified atom stereocenters. The van der Waals surface area contributed by atoms with E-state index in [2.05, 4.69) is 32.9 Å². The molecule has 0 saturated carbocycles. The summed E-state index contributed by atoms with van der Waals surface area (Å²) in [6, 6.07) is 12.8. The Balaban J connectivity index is 2.26. The van der Waals surface area contributed by atoms with Crippen LogP contribution in [0.15, 0.2) is 48.5 Å². The maximum atomic E-state index is 12.6. The molecule has 2 aromatic carbocycles. The maximum absolute atomic E-state index is 12.6. The quantitative estimate of drug-likeness (QED) is 0.525. The standard InChI is InChI=1S/C24H29NO3/c1-7-28-22-15-13-20(24(2,3)4)16-19(22)12-14-21(26)17-8-10-18(11-9-17)23(27)25(5)6/h8-16H,7H2,1-6H3. The number of ether oxygens (including phenoxy) is 1. The number of carbonyl (C=O) groups excluding carboxylic acids is 2. The average Bonchev–Trinajstić information content (AvgIpc) is 2.65. The first kappa shape index (κ1) is 21.4. The van der Waals surface area contributed by atoms with Crippen molar-refractivity contribution in [3.8, 4) is 5.75 Å². The van der Waals surface area contributed by atoms with E-state index in [1.54, 1.807) is 50.5 Å². The summed E-state index contributed by atoms with van der Waals surface area (Å²) in [6.45, 7) is 8.95. The SMILES string of the molecule is CCOc1ccc(C(C)(C)C)cc1C=CC(=O)c1ccc(C(=O)N(C)C)cc1. The lowest BCUT2D eigenvalue weighted by Gasteiger charge is -2.20. The molecule has 28 heavy (non-hydrogen) atoms. The number of carbonyl (C=O) groups is 2. The third-order valence-electron chi connectivity index (χ3n) is 4.41. The van der Waals surface area contributed by atoms with Gasteiger partial charge in [-0.25, -0.2) is 0 Å². The Kier molecular flexibility index (Phi) is 6.79. The summed E-state index contributed by atoms with van der Waals surface area (Å²) < 4.78 is 5.70. The van der Waals surface area contributed by atoms with Gasteiger partial charge < -0.3 is 9.64 Å². The lowest BCUT2D eigenvalue weighted by atomic mass is 9.86. The molecular weight excluding hydrogens is 350 g/mol. The molecule has 0 N–H and O–H groups in total. The molecule has 2 rings (SSSR count). The van der Waals surface area contributed by atoms with E-state index in [1.807, 2.05) is 13.0 Å². The highest BCUT2D eigenvalue weighted by Crippen LogP contribution is 2.29. The van der Waals surface area contributed by atoms with Crippen molar-refractivity contribution in [3.05, 3.63) is 70.8 Å². The van der Waals surface area contributed by atoms with Crippen LogP contribution in [0, 0.1) is 0 Å². The first-order valence-corrected chi connectivity index (χ1v) is 9.45. The number of benzene rings is 2. The Labute approximate surface area is 167 Å². The van der Waals surface area contributed by atoms with Crippen LogP contribution >= 0.6 is 0 Å². The Bertz CT molecular complexity index is 872. The molecule has 0 aliphatic heterocycles. The van der Waals surface area contributed by atoms with Gasteiger partial charge in [-0.1, -0.05) is 39.0 Å². The smallest absolute Gasteiger partial charge is 0.253 e. The van der Waals surface area contributed by atoms with Crippen LogP contribution in [0.3, 0.4) is 0 Å². The van der Waals surface area contributed by atoms with Crippen molar-refractivity contribution in [1.82, 2.24) is 4.90 Å². The van der Waals surface area contributed by atoms with Crippen LogP contribution in [-0.4, -0.2) is 37.3 Å². The van der Waals surface area contributed by atoms with E-state index in [1.165, 1.54) is 10.5 Å². The highest BCUT2D eigenvalue weighted by Gasteiger charge is 2.15.